The van der Waals surface area contributed by atoms with E-state index in [0.717, 1.165) is 55.8 Å². The molecule has 4 nitrogen and oxygen atoms in total. The Kier molecular flexibility index (Phi) is 5.08. The van der Waals surface area contributed by atoms with E-state index in [2.05, 4.69) is 17.1 Å². The van der Waals surface area contributed by atoms with Crippen LogP contribution in [0.1, 0.15) is 11.1 Å². The molecular formula is C27H22N2O2. The summed E-state index contributed by atoms with van der Waals surface area (Å²) in [6.07, 6.45) is 0. The summed E-state index contributed by atoms with van der Waals surface area (Å²) in [5.74, 6) is 0.784. The van der Waals surface area contributed by atoms with Crippen LogP contribution in [0.2, 0.25) is 0 Å². The zero-order valence-electron chi connectivity index (χ0n) is 16.9. The smallest absolute Gasteiger partial charge is 0.138 e. The number of aromatic nitrogens is 2. The van der Waals surface area contributed by atoms with Crippen molar-refractivity contribution in [2.24, 2.45) is 0 Å². The molecule has 0 saturated carbocycles. The van der Waals surface area contributed by atoms with E-state index in [1.807, 2.05) is 78.9 Å². The fourth-order valence-corrected chi connectivity index (χ4v) is 4.11. The maximum Gasteiger partial charge on any atom is 0.138 e. The Morgan fingerprint density at radius 2 is 1.13 bits per heavy atom. The highest BCUT2D eigenvalue weighted by molar-refractivity contribution is 6.03. The molecule has 0 saturated heterocycles. The van der Waals surface area contributed by atoms with Crippen molar-refractivity contribution in [1.29, 1.82) is 0 Å². The second kappa shape index (κ2) is 8.19. The van der Waals surface area contributed by atoms with Crippen molar-refractivity contribution in [1.82, 2.24) is 9.97 Å². The average Bonchev–Trinajstić information content (AvgIpc) is 3.29. The topological polar surface area (TPSA) is 69.1 Å². The van der Waals surface area contributed by atoms with Crippen LogP contribution in [0.3, 0.4) is 0 Å². The Labute approximate surface area is 180 Å². The Morgan fingerprint density at radius 1 is 0.581 bits per heavy atom. The SMILES string of the molecule is OCc1ccccc1-c1ccc(-c2ccccc2CO)c2[nH]c(-c3ccccc3)nc12. The minimum absolute atomic E-state index is 0.0353. The van der Waals surface area contributed by atoms with Crippen LogP contribution in [-0.2, 0) is 13.2 Å². The van der Waals surface area contributed by atoms with E-state index in [0.29, 0.717) is 0 Å². The molecule has 0 spiro atoms. The number of hydrogen-bond donors (Lipinski definition) is 3. The Hall–Kier alpha value is -3.73. The van der Waals surface area contributed by atoms with Gasteiger partial charge < -0.3 is 15.2 Å². The van der Waals surface area contributed by atoms with Gasteiger partial charge in [0.15, 0.2) is 0 Å². The molecule has 31 heavy (non-hydrogen) atoms. The molecule has 5 aromatic rings. The van der Waals surface area contributed by atoms with Gasteiger partial charge in [-0.2, -0.15) is 0 Å². The number of benzene rings is 4. The highest BCUT2D eigenvalue weighted by Crippen LogP contribution is 2.38. The molecule has 0 fully saturated rings. The molecule has 1 heterocycles. The number of aliphatic hydroxyl groups is 2. The number of nitrogens with zero attached hydrogens (tertiary/aromatic N) is 1. The van der Waals surface area contributed by atoms with E-state index in [-0.39, 0.29) is 13.2 Å². The molecule has 4 heteroatoms. The highest BCUT2D eigenvalue weighted by atomic mass is 16.3. The number of nitrogens with one attached hydrogen (secondary N) is 1. The van der Waals surface area contributed by atoms with E-state index in [4.69, 9.17) is 4.98 Å². The quantitative estimate of drug-likeness (QED) is 0.358. The molecule has 0 amide bonds. The normalized spacial score (nSPS) is 11.2. The summed E-state index contributed by atoms with van der Waals surface area (Å²) >= 11 is 0. The molecule has 0 unspecified atom stereocenters. The number of fused-ring (bicyclic) bond motifs is 1. The molecule has 1 aromatic heterocycles. The third-order valence-electron chi connectivity index (χ3n) is 5.65. The monoisotopic (exact) mass is 406 g/mol. The van der Waals surface area contributed by atoms with Crippen molar-refractivity contribution >= 4 is 11.0 Å². The lowest BCUT2D eigenvalue weighted by Crippen LogP contribution is -1.93. The Balaban J connectivity index is 1.82. The Morgan fingerprint density at radius 3 is 1.77 bits per heavy atom. The van der Waals surface area contributed by atoms with Crippen LogP contribution < -0.4 is 0 Å². The maximum absolute atomic E-state index is 9.88. The number of H-pyrrole nitrogens is 1. The zero-order valence-corrected chi connectivity index (χ0v) is 16.9. The molecule has 152 valence electrons. The standard InChI is InChI=1S/C27H22N2O2/c30-16-19-10-4-6-12-21(19)23-14-15-24(22-13-7-5-11-20(22)17-31)26-25(23)28-27(29-26)18-8-2-1-3-9-18/h1-15,30-31H,16-17H2,(H,28,29). The summed E-state index contributed by atoms with van der Waals surface area (Å²) < 4.78 is 0. The van der Waals surface area contributed by atoms with Gasteiger partial charge in [-0.25, -0.2) is 4.98 Å². The first-order valence-electron chi connectivity index (χ1n) is 10.3. The molecule has 3 N–H and O–H groups in total. The third-order valence-corrected chi connectivity index (χ3v) is 5.65. The second-order valence-electron chi connectivity index (χ2n) is 7.47. The number of aromatic amines is 1. The molecule has 0 aliphatic rings. The fourth-order valence-electron chi connectivity index (χ4n) is 4.11. The van der Waals surface area contributed by atoms with Gasteiger partial charge >= 0.3 is 0 Å². The van der Waals surface area contributed by atoms with Gasteiger partial charge in [0.1, 0.15) is 5.82 Å². The lowest BCUT2D eigenvalue weighted by atomic mass is 9.93. The first kappa shape index (κ1) is 19.2. The van der Waals surface area contributed by atoms with Gasteiger partial charge in [0, 0.05) is 16.7 Å². The van der Waals surface area contributed by atoms with Crippen molar-refractivity contribution in [3.05, 3.63) is 102 Å². The van der Waals surface area contributed by atoms with Crippen LogP contribution in [0.5, 0.6) is 0 Å². The molecule has 4 aromatic carbocycles. The molecular weight excluding hydrogens is 384 g/mol. The number of imidazole rings is 1. The Bertz CT molecular complexity index is 1270. The highest BCUT2D eigenvalue weighted by Gasteiger charge is 2.17. The molecule has 0 bridgehead atoms. The van der Waals surface area contributed by atoms with Crippen molar-refractivity contribution in [2.45, 2.75) is 13.2 Å². The van der Waals surface area contributed by atoms with Crippen LogP contribution in [0.25, 0.3) is 44.7 Å². The molecule has 0 radical (unpaired) electrons. The van der Waals surface area contributed by atoms with Gasteiger partial charge in [-0.1, -0.05) is 91.0 Å². The van der Waals surface area contributed by atoms with Crippen molar-refractivity contribution < 1.29 is 10.2 Å². The van der Waals surface area contributed by atoms with Gasteiger partial charge in [0.05, 0.1) is 24.2 Å². The van der Waals surface area contributed by atoms with Crippen LogP contribution in [-0.4, -0.2) is 20.2 Å². The van der Waals surface area contributed by atoms with Gasteiger partial charge in [-0.05, 0) is 22.3 Å². The van der Waals surface area contributed by atoms with Crippen LogP contribution in [0.4, 0.5) is 0 Å². The van der Waals surface area contributed by atoms with Crippen molar-refractivity contribution in [2.75, 3.05) is 0 Å². The number of aliphatic hydroxyl groups excluding tert-OH is 2. The van der Waals surface area contributed by atoms with E-state index in [9.17, 15) is 10.2 Å². The van der Waals surface area contributed by atoms with Crippen molar-refractivity contribution in [3.8, 4) is 33.6 Å². The maximum atomic E-state index is 9.88. The van der Waals surface area contributed by atoms with Gasteiger partial charge in [0.2, 0.25) is 0 Å². The second-order valence-corrected chi connectivity index (χ2v) is 7.47. The summed E-state index contributed by atoms with van der Waals surface area (Å²) in [6.45, 7) is -0.0742. The first-order chi connectivity index (χ1) is 15.3. The first-order valence-corrected chi connectivity index (χ1v) is 10.3. The largest absolute Gasteiger partial charge is 0.392 e. The summed E-state index contributed by atoms with van der Waals surface area (Å²) in [7, 11) is 0. The minimum Gasteiger partial charge on any atom is -0.392 e. The molecule has 0 aliphatic heterocycles. The van der Waals surface area contributed by atoms with Gasteiger partial charge in [0.25, 0.3) is 0 Å². The molecule has 5 rings (SSSR count). The third kappa shape index (κ3) is 3.42. The predicted molar refractivity (Wildman–Crippen MR) is 124 cm³/mol. The minimum atomic E-state index is -0.0390. The summed E-state index contributed by atoms with van der Waals surface area (Å²) in [5.41, 5.74) is 8.35. The van der Waals surface area contributed by atoms with E-state index < -0.39 is 0 Å². The summed E-state index contributed by atoms with van der Waals surface area (Å²) in [6, 6.07) is 29.8. The van der Waals surface area contributed by atoms with E-state index >= 15 is 0 Å². The van der Waals surface area contributed by atoms with Crippen LogP contribution in [0, 0.1) is 0 Å². The zero-order chi connectivity index (χ0) is 21.2. The van der Waals surface area contributed by atoms with Gasteiger partial charge in [-0.15, -0.1) is 0 Å². The number of hydrogen-bond acceptors (Lipinski definition) is 3. The van der Waals surface area contributed by atoms with Crippen molar-refractivity contribution in [3.63, 3.8) is 0 Å². The lowest BCUT2D eigenvalue weighted by molar-refractivity contribution is 0.282. The number of rotatable bonds is 5. The van der Waals surface area contributed by atoms with Gasteiger partial charge in [-0.3, -0.25) is 0 Å². The summed E-state index contributed by atoms with van der Waals surface area (Å²) in [5, 5.41) is 19.8. The lowest BCUT2D eigenvalue weighted by Gasteiger charge is -2.12. The van der Waals surface area contributed by atoms with E-state index in [1.54, 1.807) is 0 Å². The summed E-state index contributed by atoms with van der Waals surface area (Å²) in [4.78, 5) is 8.50. The molecule has 0 aliphatic carbocycles. The average molecular weight is 406 g/mol. The van der Waals surface area contributed by atoms with E-state index in [1.165, 1.54) is 0 Å². The van der Waals surface area contributed by atoms with Crippen LogP contribution >= 0.6 is 0 Å². The molecule has 0 atom stereocenters. The fraction of sp³-hybridized carbons (Fsp3) is 0.0741. The van der Waals surface area contributed by atoms with Crippen LogP contribution in [0.15, 0.2) is 91.0 Å². The predicted octanol–water partition coefficient (Wildman–Crippen LogP) is 5.55.